The number of carbonyl (C=O) groups excluding carboxylic acids is 1. The van der Waals surface area contributed by atoms with Crippen LogP contribution < -0.4 is 16.2 Å². The molecule has 152 valence electrons. The van der Waals surface area contributed by atoms with Gasteiger partial charge in [0.15, 0.2) is 0 Å². The van der Waals surface area contributed by atoms with Crippen molar-refractivity contribution >= 4 is 17.8 Å². The molecule has 5 N–H and O–H groups in total. The summed E-state index contributed by atoms with van der Waals surface area (Å²) in [7, 11) is 0. The van der Waals surface area contributed by atoms with Gasteiger partial charge in [0.2, 0.25) is 0 Å². The number of aromatic nitrogens is 1. The van der Waals surface area contributed by atoms with E-state index in [1.54, 1.807) is 30.5 Å². The molecule has 1 heterocycles. The zero-order valence-electron chi connectivity index (χ0n) is 16.6. The van der Waals surface area contributed by atoms with E-state index in [2.05, 4.69) is 4.98 Å². The van der Waals surface area contributed by atoms with Gasteiger partial charge in [-0.25, -0.2) is 0 Å². The Hall–Kier alpha value is -4.45. The summed E-state index contributed by atoms with van der Waals surface area (Å²) < 4.78 is 5.83. The van der Waals surface area contributed by atoms with Gasteiger partial charge in [-0.1, -0.05) is 54.6 Å². The van der Waals surface area contributed by atoms with Crippen molar-refractivity contribution < 1.29 is 9.53 Å². The van der Waals surface area contributed by atoms with E-state index in [1.807, 2.05) is 54.6 Å². The lowest BCUT2D eigenvalue weighted by Crippen LogP contribution is -2.16. The van der Waals surface area contributed by atoms with Crippen molar-refractivity contribution in [2.24, 2.45) is 5.73 Å². The topological polar surface area (TPSA) is 115 Å². The maximum atomic E-state index is 10.9. The summed E-state index contributed by atoms with van der Waals surface area (Å²) in [6, 6.07) is 23.9. The predicted octanol–water partition coefficient (Wildman–Crippen LogP) is 4.89. The number of hydrogen-bond donors (Lipinski definition) is 3. The monoisotopic (exact) mass is 408 g/mol. The molecule has 0 fully saturated rings. The van der Waals surface area contributed by atoms with E-state index >= 15 is 0 Å². The molecule has 0 saturated heterocycles. The molecule has 3 aromatic carbocycles. The molecule has 0 amide bonds. The van der Waals surface area contributed by atoms with Crippen molar-refractivity contribution in [3.8, 4) is 33.9 Å². The van der Waals surface area contributed by atoms with Crippen LogP contribution in [-0.4, -0.2) is 17.1 Å². The third kappa shape index (κ3) is 4.13. The zero-order valence-corrected chi connectivity index (χ0v) is 16.6. The number of anilines is 1. The second-order valence-corrected chi connectivity index (χ2v) is 6.90. The number of aldehydes is 1. The lowest BCUT2D eigenvalue weighted by molar-refractivity contribution is 0.112. The summed E-state index contributed by atoms with van der Waals surface area (Å²) in [6.45, 7) is 0. The zero-order chi connectivity index (χ0) is 21.8. The number of nitrogens with one attached hydrogen (secondary N) is 1. The van der Waals surface area contributed by atoms with E-state index in [0.29, 0.717) is 33.8 Å². The van der Waals surface area contributed by atoms with Gasteiger partial charge in [0, 0.05) is 22.9 Å². The fourth-order valence-corrected chi connectivity index (χ4v) is 3.31. The number of para-hydroxylation sites is 1. The number of amidine groups is 1. The molecule has 0 atom stereocenters. The molecule has 0 saturated carbocycles. The SMILES string of the molecule is N=C(N)c1c(-c2ccc(Oc3ccccc3)cc2)cnc(-c2ccc(C=O)cc2)c1N. The van der Waals surface area contributed by atoms with Gasteiger partial charge in [0.1, 0.15) is 23.6 Å². The third-order valence-electron chi connectivity index (χ3n) is 4.85. The minimum atomic E-state index is -0.148. The maximum Gasteiger partial charge on any atom is 0.150 e. The van der Waals surface area contributed by atoms with Crippen molar-refractivity contribution in [3.63, 3.8) is 0 Å². The van der Waals surface area contributed by atoms with Crippen LogP contribution in [0.25, 0.3) is 22.4 Å². The quantitative estimate of drug-likeness (QED) is 0.239. The Morgan fingerprint density at radius 2 is 1.48 bits per heavy atom. The average Bonchev–Trinajstić information content (AvgIpc) is 2.80. The van der Waals surface area contributed by atoms with Crippen LogP contribution in [0.5, 0.6) is 11.5 Å². The van der Waals surface area contributed by atoms with Gasteiger partial charge >= 0.3 is 0 Å². The van der Waals surface area contributed by atoms with E-state index in [9.17, 15) is 4.79 Å². The fourth-order valence-electron chi connectivity index (χ4n) is 3.31. The maximum absolute atomic E-state index is 10.9. The standard InChI is InChI=1S/C25H20N4O2/c26-23-22(25(27)28)21(14-29-24(23)18-8-6-16(15-30)7-9-18)17-10-12-20(13-11-17)31-19-4-2-1-3-5-19/h1-15H,26H2,(H3,27,28). The van der Waals surface area contributed by atoms with Gasteiger partial charge in [0.05, 0.1) is 16.9 Å². The van der Waals surface area contributed by atoms with Gasteiger partial charge < -0.3 is 16.2 Å². The first kappa shape index (κ1) is 19.8. The summed E-state index contributed by atoms with van der Waals surface area (Å²) >= 11 is 0. The van der Waals surface area contributed by atoms with Gasteiger partial charge in [-0.05, 0) is 29.8 Å². The van der Waals surface area contributed by atoms with Crippen molar-refractivity contribution in [2.75, 3.05) is 5.73 Å². The molecule has 0 aliphatic heterocycles. The number of nitrogens with zero attached hydrogens (tertiary/aromatic N) is 1. The molecule has 1 aromatic heterocycles. The van der Waals surface area contributed by atoms with Crippen LogP contribution in [0.1, 0.15) is 15.9 Å². The first-order chi connectivity index (χ1) is 15.1. The number of hydrogen-bond acceptors (Lipinski definition) is 5. The van der Waals surface area contributed by atoms with Crippen molar-refractivity contribution in [1.82, 2.24) is 4.98 Å². The number of nitrogen functional groups attached to an aromatic ring is 2. The summed E-state index contributed by atoms with van der Waals surface area (Å²) in [5.41, 5.74) is 16.3. The molecular weight excluding hydrogens is 388 g/mol. The van der Waals surface area contributed by atoms with E-state index in [4.69, 9.17) is 21.6 Å². The predicted molar refractivity (Wildman–Crippen MR) is 122 cm³/mol. The van der Waals surface area contributed by atoms with Crippen LogP contribution in [0.3, 0.4) is 0 Å². The van der Waals surface area contributed by atoms with Gasteiger partial charge in [-0.3, -0.25) is 15.2 Å². The first-order valence-electron chi connectivity index (χ1n) is 9.58. The number of pyridine rings is 1. The number of nitrogens with two attached hydrogens (primary N) is 2. The molecule has 0 radical (unpaired) electrons. The largest absolute Gasteiger partial charge is 0.457 e. The van der Waals surface area contributed by atoms with E-state index < -0.39 is 0 Å². The Kier molecular flexibility index (Phi) is 5.45. The lowest BCUT2D eigenvalue weighted by atomic mass is 9.96. The minimum absolute atomic E-state index is 0.148. The molecule has 0 bridgehead atoms. The van der Waals surface area contributed by atoms with Crippen LogP contribution in [-0.2, 0) is 0 Å². The summed E-state index contributed by atoms with van der Waals surface area (Å²) in [5, 5.41) is 8.08. The molecule has 6 nitrogen and oxygen atoms in total. The molecule has 0 spiro atoms. The Morgan fingerprint density at radius 1 is 0.871 bits per heavy atom. The number of ether oxygens (including phenoxy) is 1. The Morgan fingerprint density at radius 3 is 2.10 bits per heavy atom. The lowest BCUT2D eigenvalue weighted by Gasteiger charge is -2.15. The third-order valence-corrected chi connectivity index (χ3v) is 4.85. The molecule has 6 heteroatoms. The molecular formula is C25H20N4O2. The molecule has 31 heavy (non-hydrogen) atoms. The minimum Gasteiger partial charge on any atom is -0.457 e. The van der Waals surface area contributed by atoms with Crippen molar-refractivity contribution in [1.29, 1.82) is 5.41 Å². The molecule has 0 aliphatic rings. The van der Waals surface area contributed by atoms with E-state index in [-0.39, 0.29) is 5.84 Å². The number of benzene rings is 3. The summed E-state index contributed by atoms with van der Waals surface area (Å²) in [6.07, 6.45) is 2.43. The van der Waals surface area contributed by atoms with Gasteiger partial charge in [-0.15, -0.1) is 0 Å². The van der Waals surface area contributed by atoms with Crippen LogP contribution in [0, 0.1) is 5.41 Å². The fraction of sp³-hybridized carbons (Fsp3) is 0. The summed E-state index contributed by atoms with van der Waals surface area (Å²) in [4.78, 5) is 15.4. The summed E-state index contributed by atoms with van der Waals surface area (Å²) in [5.74, 6) is 1.29. The van der Waals surface area contributed by atoms with E-state index in [0.717, 1.165) is 23.2 Å². The highest BCUT2D eigenvalue weighted by molar-refractivity contribution is 6.08. The van der Waals surface area contributed by atoms with E-state index in [1.165, 1.54) is 0 Å². The highest BCUT2D eigenvalue weighted by Crippen LogP contribution is 2.34. The van der Waals surface area contributed by atoms with Crippen molar-refractivity contribution in [3.05, 3.63) is 96.2 Å². The Balaban J connectivity index is 1.70. The molecule has 0 unspecified atom stereocenters. The highest BCUT2D eigenvalue weighted by Gasteiger charge is 2.17. The van der Waals surface area contributed by atoms with Crippen molar-refractivity contribution in [2.45, 2.75) is 0 Å². The van der Waals surface area contributed by atoms with Crippen LogP contribution in [0.4, 0.5) is 5.69 Å². The Labute approximate surface area is 179 Å². The average molecular weight is 408 g/mol. The van der Waals surface area contributed by atoms with Crippen LogP contribution >= 0.6 is 0 Å². The normalized spacial score (nSPS) is 10.5. The number of carbonyl (C=O) groups is 1. The van der Waals surface area contributed by atoms with Gasteiger partial charge in [0.25, 0.3) is 0 Å². The number of rotatable bonds is 6. The first-order valence-corrected chi connectivity index (χ1v) is 9.58. The molecule has 4 rings (SSSR count). The molecule has 4 aromatic rings. The highest BCUT2D eigenvalue weighted by atomic mass is 16.5. The van der Waals surface area contributed by atoms with Crippen LogP contribution in [0.15, 0.2) is 85.1 Å². The van der Waals surface area contributed by atoms with Crippen LogP contribution in [0.2, 0.25) is 0 Å². The second-order valence-electron chi connectivity index (χ2n) is 6.90. The Bertz CT molecular complexity index is 1240. The molecule has 0 aliphatic carbocycles. The second kappa shape index (κ2) is 8.51. The van der Waals surface area contributed by atoms with Gasteiger partial charge in [-0.2, -0.15) is 0 Å². The smallest absolute Gasteiger partial charge is 0.150 e.